The number of piperazine rings is 1. The average Bonchev–Trinajstić information content (AvgIpc) is 2.25. The van der Waals surface area contributed by atoms with Crippen LogP contribution in [0.2, 0.25) is 0 Å². The summed E-state index contributed by atoms with van der Waals surface area (Å²) < 4.78 is 0. The van der Waals surface area contributed by atoms with Crippen LogP contribution in [0.25, 0.3) is 0 Å². The lowest BCUT2D eigenvalue weighted by atomic mass is 10.0. The van der Waals surface area contributed by atoms with Crippen molar-refractivity contribution >= 4 is 0 Å². The van der Waals surface area contributed by atoms with Gasteiger partial charge in [0, 0.05) is 32.2 Å². The summed E-state index contributed by atoms with van der Waals surface area (Å²) in [5.74, 6) is 0. The second-order valence-corrected chi connectivity index (χ2v) is 4.92. The molecule has 2 heteroatoms. The van der Waals surface area contributed by atoms with Crippen molar-refractivity contribution in [3.8, 4) is 0 Å². The number of likely N-dealkylation sites (N-methyl/N-ethyl adjacent to an activating group) is 1. The highest BCUT2D eigenvalue weighted by Crippen LogP contribution is 2.16. The zero-order chi connectivity index (χ0) is 11.1. The molecule has 0 aliphatic carbocycles. The van der Waals surface area contributed by atoms with Crippen LogP contribution in [0.5, 0.6) is 0 Å². The van der Waals surface area contributed by atoms with Crippen LogP contribution in [0.4, 0.5) is 0 Å². The monoisotopic (exact) mass is 212 g/mol. The van der Waals surface area contributed by atoms with E-state index in [0.717, 1.165) is 6.04 Å². The summed E-state index contributed by atoms with van der Waals surface area (Å²) in [5, 5.41) is 0. The van der Waals surface area contributed by atoms with E-state index in [4.69, 9.17) is 0 Å². The van der Waals surface area contributed by atoms with Gasteiger partial charge in [0.2, 0.25) is 0 Å². The Morgan fingerprint density at radius 2 is 1.60 bits per heavy atom. The van der Waals surface area contributed by atoms with Crippen LogP contribution in [0.15, 0.2) is 0 Å². The minimum atomic E-state index is 0.864. The first kappa shape index (κ1) is 13.0. The number of unbranched alkanes of at least 4 members (excludes halogenated alkanes) is 1. The van der Waals surface area contributed by atoms with Gasteiger partial charge in [0.25, 0.3) is 0 Å². The van der Waals surface area contributed by atoms with Crippen molar-refractivity contribution in [2.45, 2.75) is 52.0 Å². The van der Waals surface area contributed by atoms with Crippen molar-refractivity contribution in [2.75, 3.05) is 33.2 Å². The van der Waals surface area contributed by atoms with Crippen LogP contribution in [0.1, 0.15) is 46.0 Å². The lowest BCUT2D eigenvalue weighted by Gasteiger charge is -2.38. The van der Waals surface area contributed by atoms with Crippen LogP contribution >= 0.6 is 0 Å². The van der Waals surface area contributed by atoms with E-state index in [9.17, 15) is 0 Å². The summed E-state index contributed by atoms with van der Waals surface area (Å²) in [6, 6.07) is 0.864. The third-order valence-electron chi connectivity index (χ3n) is 3.57. The molecule has 0 bridgehead atoms. The van der Waals surface area contributed by atoms with Gasteiger partial charge in [-0.05, 0) is 19.9 Å². The van der Waals surface area contributed by atoms with Crippen molar-refractivity contribution in [1.82, 2.24) is 9.80 Å². The summed E-state index contributed by atoms with van der Waals surface area (Å²) in [6.07, 6.45) is 6.88. The normalized spacial score (nSPS) is 21.8. The molecule has 0 spiro atoms. The zero-order valence-electron chi connectivity index (χ0n) is 10.8. The minimum absolute atomic E-state index is 0.864. The van der Waals surface area contributed by atoms with Gasteiger partial charge in [0.1, 0.15) is 0 Å². The number of hydrogen-bond acceptors (Lipinski definition) is 2. The molecule has 15 heavy (non-hydrogen) atoms. The third-order valence-corrected chi connectivity index (χ3v) is 3.57. The predicted octanol–water partition coefficient (Wildman–Crippen LogP) is 2.59. The molecule has 2 nitrogen and oxygen atoms in total. The van der Waals surface area contributed by atoms with Gasteiger partial charge in [0.15, 0.2) is 0 Å². The first-order chi connectivity index (χ1) is 7.27. The molecule has 0 amide bonds. The molecule has 0 unspecified atom stereocenters. The van der Waals surface area contributed by atoms with E-state index in [2.05, 4.69) is 30.7 Å². The van der Waals surface area contributed by atoms with Gasteiger partial charge < -0.3 is 4.90 Å². The fourth-order valence-electron chi connectivity index (χ4n) is 2.47. The first-order valence-corrected chi connectivity index (χ1v) is 6.70. The topological polar surface area (TPSA) is 6.48 Å². The molecule has 0 radical (unpaired) electrons. The smallest absolute Gasteiger partial charge is 0.0113 e. The van der Waals surface area contributed by atoms with Crippen molar-refractivity contribution in [1.29, 1.82) is 0 Å². The second kappa shape index (κ2) is 7.24. The lowest BCUT2D eigenvalue weighted by molar-refractivity contribution is 0.100. The molecule has 1 aliphatic rings. The Morgan fingerprint density at radius 3 is 2.13 bits per heavy atom. The average molecular weight is 212 g/mol. The summed E-state index contributed by atoms with van der Waals surface area (Å²) >= 11 is 0. The molecular weight excluding hydrogens is 184 g/mol. The van der Waals surface area contributed by atoms with Crippen molar-refractivity contribution in [2.24, 2.45) is 0 Å². The largest absolute Gasteiger partial charge is 0.304 e. The second-order valence-electron chi connectivity index (χ2n) is 4.92. The highest BCUT2D eigenvalue weighted by molar-refractivity contribution is 4.77. The summed E-state index contributed by atoms with van der Waals surface area (Å²) in [4.78, 5) is 5.17. The van der Waals surface area contributed by atoms with Crippen LogP contribution in [0, 0.1) is 0 Å². The van der Waals surface area contributed by atoms with E-state index in [1.165, 1.54) is 58.3 Å². The predicted molar refractivity (Wildman–Crippen MR) is 67.3 cm³/mol. The highest BCUT2D eigenvalue weighted by atomic mass is 15.3. The fraction of sp³-hybridized carbons (Fsp3) is 1.00. The molecule has 0 aromatic rings. The number of rotatable bonds is 6. The van der Waals surface area contributed by atoms with Gasteiger partial charge in [0.05, 0.1) is 0 Å². The van der Waals surface area contributed by atoms with E-state index in [1.54, 1.807) is 0 Å². The van der Waals surface area contributed by atoms with E-state index in [1.807, 2.05) is 0 Å². The van der Waals surface area contributed by atoms with Gasteiger partial charge in [-0.1, -0.05) is 33.1 Å². The maximum absolute atomic E-state index is 2.72. The molecule has 1 fully saturated rings. The molecule has 1 rings (SSSR count). The number of nitrogens with zero attached hydrogens (tertiary/aromatic N) is 2. The Bertz CT molecular complexity index is 151. The van der Waals surface area contributed by atoms with Gasteiger partial charge >= 0.3 is 0 Å². The van der Waals surface area contributed by atoms with E-state index >= 15 is 0 Å². The van der Waals surface area contributed by atoms with Gasteiger partial charge in [-0.25, -0.2) is 0 Å². The summed E-state index contributed by atoms with van der Waals surface area (Å²) in [6.45, 7) is 9.69. The molecule has 1 aliphatic heterocycles. The molecule has 0 N–H and O–H groups in total. The Balaban J connectivity index is 2.33. The fourth-order valence-corrected chi connectivity index (χ4v) is 2.47. The Hall–Kier alpha value is -0.0800. The van der Waals surface area contributed by atoms with Gasteiger partial charge in [-0.15, -0.1) is 0 Å². The molecular formula is C13H28N2. The Labute approximate surface area is 95.6 Å². The molecule has 0 aromatic heterocycles. The number of hydrogen-bond donors (Lipinski definition) is 0. The van der Waals surface area contributed by atoms with E-state index in [0.29, 0.717) is 0 Å². The molecule has 0 saturated carbocycles. The Kier molecular flexibility index (Phi) is 6.26. The van der Waals surface area contributed by atoms with Crippen LogP contribution in [-0.4, -0.2) is 49.1 Å². The van der Waals surface area contributed by atoms with E-state index < -0.39 is 0 Å². The maximum atomic E-state index is 2.72. The van der Waals surface area contributed by atoms with Gasteiger partial charge in [-0.2, -0.15) is 0 Å². The molecule has 1 atom stereocenters. The Morgan fingerprint density at radius 1 is 0.933 bits per heavy atom. The molecule has 0 aromatic carbocycles. The van der Waals surface area contributed by atoms with Gasteiger partial charge in [-0.3, -0.25) is 4.90 Å². The van der Waals surface area contributed by atoms with Crippen LogP contribution < -0.4 is 0 Å². The maximum Gasteiger partial charge on any atom is 0.0113 e. The molecule has 90 valence electrons. The minimum Gasteiger partial charge on any atom is -0.304 e. The van der Waals surface area contributed by atoms with E-state index in [-0.39, 0.29) is 0 Å². The molecule has 1 saturated heterocycles. The van der Waals surface area contributed by atoms with Crippen molar-refractivity contribution in [3.63, 3.8) is 0 Å². The SMILES string of the molecule is CCCC[C@@H](CCC)N1CCN(C)CC1. The van der Waals surface area contributed by atoms with Crippen LogP contribution in [0.3, 0.4) is 0 Å². The standard InChI is InChI=1S/C13H28N2/c1-4-6-8-13(7-5-2)15-11-9-14(3)10-12-15/h13H,4-12H2,1-3H3/t13-/m1/s1. The zero-order valence-corrected chi connectivity index (χ0v) is 10.8. The summed E-state index contributed by atoms with van der Waals surface area (Å²) in [7, 11) is 2.23. The highest BCUT2D eigenvalue weighted by Gasteiger charge is 2.20. The van der Waals surface area contributed by atoms with Crippen molar-refractivity contribution < 1.29 is 0 Å². The first-order valence-electron chi connectivity index (χ1n) is 6.70. The summed E-state index contributed by atoms with van der Waals surface area (Å²) in [5.41, 5.74) is 0. The van der Waals surface area contributed by atoms with Crippen LogP contribution in [-0.2, 0) is 0 Å². The molecule has 1 heterocycles. The van der Waals surface area contributed by atoms with Crippen molar-refractivity contribution in [3.05, 3.63) is 0 Å². The third kappa shape index (κ3) is 4.52. The quantitative estimate of drug-likeness (QED) is 0.668. The lowest BCUT2D eigenvalue weighted by Crippen LogP contribution is -2.48.